The lowest BCUT2D eigenvalue weighted by Crippen LogP contribution is -2.37. The molecule has 0 fully saturated rings. The van der Waals surface area contributed by atoms with E-state index in [4.69, 9.17) is 11.6 Å². The summed E-state index contributed by atoms with van der Waals surface area (Å²) >= 11 is 5.89. The van der Waals surface area contributed by atoms with E-state index in [1.807, 2.05) is 0 Å². The molecular weight excluding hydrogens is 382 g/mol. The number of nitrogens with zero attached hydrogens (tertiary/aromatic N) is 2. The molecule has 138 valence electrons. The molecule has 26 heavy (non-hydrogen) atoms. The lowest BCUT2D eigenvalue weighted by Gasteiger charge is -2.22. The van der Waals surface area contributed by atoms with E-state index >= 15 is 0 Å². The highest BCUT2D eigenvalue weighted by Gasteiger charge is 2.22. The summed E-state index contributed by atoms with van der Waals surface area (Å²) in [6.07, 6.45) is 0.972. The Bertz CT molecular complexity index is 962. The normalized spacial score (nSPS) is 11.0. The van der Waals surface area contributed by atoms with E-state index < -0.39 is 27.4 Å². The van der Waals surface area contributed by atoms with Crippen LogP contribution >= 0.6 is 11.6 Å². The van der Waals surface area contributed by atoms with Crippen LogP contribution in [-0.4, -0.2) is 32.0 Å². The molecule has 2 aromatic carbocycles. The number of aryl methyl sites for hydroxylation is 1. The third-order valence-corrected chi connectivity index (χ3v) is 4.87. The molecule has 2 aromatic rings. The second-order valence-electron chi connectivity index (χ2n) is 5.55. The molecule has 0 radical (unpaired) electrons. The minimum absolute atomic E-state index is 0.180. The van der Waals surface area contributed by atoms with Crippen LogP contribution in [0.4, 0.5) is 17.1 Å². The first kappa shape index (κ1) is 19.7. The van der Waals surface area contributed by atoms with Crippen molar-refractivity contribution in [2.75, 3.05) is 22.4 Å². The zero-order valence-electron chi connectivity index (χ0n) is 14.0. The van der Waals surface area contributed by atoms with E-state index in [-0.39, 0.29) is 17.1 Å². The second kappa shape index (κ2) is 7.71. The minimum Gasteiger partial charge on any atom is -0.324 e. The van der Waals surface area contributed by atoms with Gasteiger partial charge in [-0.1, -0.05) is 23.7 Å². The van der Waals surface area contributed by atoms with Gasteiger partial charge >= 0.3 is 0 Å². The molecule has 0 atom stereocenters. The molecule has 0 saturated carbocycles. The van der Waals surface area contributed by atoms with Gasteiger partial charge in [0.15, 0.2) is 0 Å². The van der Waals surface area contributed by atoms with Gasteiger partial charge in [0.1, 0.15) is 6.54 Å². The Morgan fingerprint density at radius 1 is 1.27 bits per heavy atom. The van der Waals surface area contributed by atoms with Crippen LogP contribution in [0.15, 0.2) is 42.5 Å². The molecule has 0 heterocycles. The van der Waals surface area contributed by atoms with Crippen LogP contribution in [-0.2, 0) is 14.8 Å². The Morgan fingerprint density at radius 2 is 1.96 bits per heavy atom. The predicted molar refractivity (Wildman–Crippen MR) is 100 cm³/mol. The van der Waals surface area contributed by atoms with Crippen molar-refractivity contribution in [1.29, 1.82) is 0 Å². The molecule has 1 amide bonds. The predicted octanol–water partition coefficient (Wildman–Crippen LogP) is 2.96. The van der Waals surface area contributed by atoms with Gasteiger partial charge in [-0.05, 0) is 30.7 Å². The number of benzene rings is 2. The average Bonchev–Trinajstić information content (AvgIpc) is 2.53. The molecule has 0 aliphatic heterocycles. The highest BCUT2D eigenvalue weighted by molar-refractivity contribution is 7.92. The number of hydrogen-bond acceptors (Lipinski definition) is 5. The van der Waals surface area contributed by atoms with Crippen LogP contribution < -0.4 is 9.62 Å². The number of carbonyl (C=O) groups is 1. The standard InChI is InChI=1S/C16H16ClN3O5S/c1-11-6-7-14(20(22)23)9-15(11)18-16(21)10-19(26(2,24)25)13-5-3-4-12(17)8-13/h3-9H,10H2,1-2H3,(H,18,21). The summed E-state index contributed by atoms with van der Waals surface area (Å²) < 4.78 is 25.0. The maximum Gasteiger partial charge on any atom is 0.271 e. The molecule has 0 aliphatic rings. The van der Waals surface area contributed by atoms with Gasteiger partial charge in [-0.3, -0.25) is 19.2 Å². The van der Waals surface area contributed by atoms with Crippen LogP contribution in [0.1, 0.15) is 5.56 Å². The smallest absolute Gasteiger partial charge is 0.271 e. The van der Waals surface area contributed by atoms with Crippen molar-refractivity contribution in [3.8, 4) is 0 Å². The van der Waals surface area contributed by atoms with E-state index in [1.165, 1.54) is 30.3 Å². The SMILES string of the molecule is Cc1ccc([N+](=O)[O-])cc1NC(=O)CN(c1cccc(Cl)c1)S(C)(=O)=O. The highest BCUT2D eigenvalue weighted by Crippen LogP contribution is 2.24. The van der Waals surface area contributed by atoms with Crippen LogP contribution in [0.3, 0.4) is 0 Å². The molecule has 0 saturated heterocycles. The van der Waals surface area contributed by atoms with Gasteiger partial charge < -0.3 is 5.32 Å². The van der Waals surface area contributed by atoms with Crippen LogP contribution in [0.5, 0.6) is 0 Å². The average molecular weight is 398 g/mol. The molecule has 0 aliphatic carbocycles. The van der Waals surface area contributed by atoms with Gasteiger partial charge in [0.05, 0.1) is 22.6 Å². The van der Waals surface area contributed by atoms with Crippen molar-refractivity contribution in [2.24, 2.45) is 0 Å². The zero-order chi connectivity index (χ0) is 19.5. The summed E-state index contributed by atoms with van der Waals surface area (Å²) in [6, 6.07) is 10.1. The number of amides is 1. The Morgan fingerprint density at radius 3 is 2.54 bits per heavy atom. The van der Waals surface area contributed by atoms with E-state index in [9.17, 15) is 23.3 Å². The molecular formula is C16H16ClN3O5S. The molecule has 0 spiro atoms. The molecule has 0 bridgehead atoms. The molecule has 0 unspecified atom stereocenters. The third kappa shape index (κ3) is 4.93. The maximum absolute atomic E-state index is 12.3. The third-order valence-electron chi connectivity index (χ3n) is 3.49. The van der Waals surface area contributed by atoms with E-state index in [0.29, 0.717) is 10.6 Å². The number of non-ortho nitro benzene ring substituents is 1. The van der Waals surface area contributed by atoms with Crippen LogP contribution in [0, 0.1) is 17.0 Å². The minimum atomic E-state index is -3.75. The zero-order valence-corrected chi connectivity index (χ0v) is 15.5. The quantitative estimate of drug-likeness (QED) is 0.595. The molecule has 8 nitrogen and oxygen atoms in total. The van der Waals surface area contributed by atoms with Gasteiger partial charge in [-0.25, -0.2) is 8.42 Å². The van der Waals surface area contributed by atoms with Crippen molar-refractivity contribution in [1.82, 2.24) is 0 Å². The largest absolute Gasteiger partial charge is 0.324 e. The first-order chi connectivity index (χ1) is 12.1. The van der Waals surface area contributed by atoms with Crippen LogP contribution in [0.2, 0.25) is 5.02 Å². The number of halogens is 1. The van der Waals surface area contributed by atoms with E-state index in [1.54, 1.807) is 19.1 Å². The van der Waals surface area contributed by atoms with Gasteiger partial charge in [0.25, 0.3) is 5.69 Å². The Balaban J connectivity index is 2.26. The Kier molecular flexibility index (Phi) is 5.83. The van der Waals surface area contributed by atoms with E-state index in [0.717, 1.165) is 10.6 Å². The summed E-state index contributed by atoms with van der Waals surface area (Å²) in [5.41, 5.74) is 0.910. The second-order valence-corrected chi connectivity index (χ2v) is 7.90. The van der Waals surface area contributed by atoms with Crippen LogP contribution in [0.25, 0.3) is 0 Å². The molecule has 0 aromatic heterocycles. The summed E-state index contributed by atoms with van der Waals surface area (Å²) in [5, 5.41) is 13.7. The number of nitro groups is 1. The topological polar surface area (TPSA) is 110 Å². The Labute approximate surface area is 155 Å². The van der Waals surface area contributed by atoms with Crippen molar-refractivity contribution >= 4 is 44.6 Å². The fourth-order valence-corrected chi connectivity index (χ4v) is 3.24. The lowest BCUT2D eigenvalue weighted by atomic mass is 10.2. The number of sulfonamides is 1. The number of nitro benzene ring substituents is 1. The van der Waals surface area contributed by atoms with Gasteiger partial charge in [0, 0.05) is 17.2 Å². The summed E-state index contributed by atoms with van der Waals surface area (Å²) in [7, 11) is -3.75. The number of nitrogens with one attached hydrogen (secondary N) is 1. The van der Waals surface area contributed by atoms with Gasteiger partial charge in [-0.2, -0.15) is 0 Å². The number of hydrogen-bond donors (Lipinski definition) is 1. The fraction of sp³-hybridized carbons (Fsp3) is 0.188. The first-order valence-corrected chi connectivity index (χ1v) is 9.59. The first-order valence-electron chi connectivity index (χ1n) is 7.36. The molecule has 1 N–H and O–H groups in total. The number of rotatable bonds is 6. The number of anilines is 2. The molecule has 2 rings (SSSR count). The van der Waals surface area contributed by atoms with E-state index in [2.05, 4.69) is 5.32 Å². The van der Waals surface area contributed by atoms with Crippen molar-refractivity contribution in [3.63, 3.8) is 0 Å². The summed E-state index contributed by atoms with van der Waals surface area (Å²) in [4.78, 5) is 22.6. The number of carbonyl (C=O) groups excluding carboxylic acids is 1. The van der Waals surface area contributed by atoms with Crippen molar-refractivity contribution in [2.45, 2.75) is 6.92 Å². The summed E-state index contributed by atoms with van der Waals surface area (Å²) in [5.74, 6) is -0.640. The van der Waals surface area contributed by atoms with Gasteiger partial charge in [0.2, 0.25) is 15.9 Å². The Hall–Kier alpha value is -2.65. The monoisotopic (exact) mass is 397 g/mol. The fourth-order valence-electron chi connectivity index (χ4n) is 2.21. The maximum atomic E-state index is 12.3. The lowest BCUT2D eigenvalue weighted by molar-refractivity contribution is -0.384. The van der Waals surface area contributed by atoms with Crippen molar-refractivity contribution < 1.29 is 18.1 Å². The van der Waals surface area contributed by atoms with Crippen molar-refractivity contribution in [3.05, 3.63) is 63.2 Å². The summed E-state index contributed by atoms with van der Waals surface area (Å²) in [6.45, 7) is 1.17. The molecule has 10 heteroatoms. The highest BCUT2D eigenvalue weighted by atomic mass is 35.5. The van der Waals surface area contributed by atoms with Gasteiger partial charge in [-0.15, -0.1) is 0 Å².